The molecule has 0 N–H and O–H groups in total. The molecule has 5 aromatic carbocycles. The molecule has 3 nitrogen and oxygen atoms in total. The molecule has 0 unspecified atom stereocenters. The minimum absolute atomic E-state index is 0. The first kappa shape index (κ1) is 30.4. The van der Waals surface area contributed by atoms with Crippen LogP contribution in [0.2, 0.25) is 0 Å². The molecule has 57 heavy (non-hydrogen) atoms. The first-order valence-corrected chi connectivity index (χ1v) is 19.4. The second kappa shape index (κ2) is 15.6. The number of benzene rings is 5. The fourth-order valence-electron chi connectivity index (χ4n) is 8.79. The van der Waals surface area contributed by atoms with E-state index in [1.165, 1.54) is 29.2 Å². The molecule has 1 radical (unpaired) electrons. The Kier molecular flexibility index (Phi) is 8.34. The third-order valence-corrected chi connectivity index (χ3v) is 10.6. The van der Waals surface area contributed by atoms with Gasteiger partial charge in [0.25, 0.3) is 0 Å². The molecule has 293 valence electrons. The standard InChI is InChI=1S/C36H34NO.C17H20N.Ir/c1-22-20-37-32(16-29(22)25-18-35(2,3)21-36(4,5)19-25)28-12-8-11-27-31-15-24-14-13-23-9-6-7-10-26(23)30(24)17-33(31)38-34(27)28;1-13-5-8-15(9-6-13)16-10-7-14(12-18-16)11-17(2,3)4;/h6-11,13-17,20,25H,18-19,21H2,1-5H3;5-8,10,12H,11H2,1-4H3;/q2*-1;/i1D3,25D;1D3,11D2;. The van der Waals surface area contributed by atoms with Gasteiger partial charge in [0, 0.05) is 50.2 Å². The number of furan rings is 1. The summed E-state index contributed by atoms with van der Waals surface area (Å²) >= 11 is 0. The zero-order valence-corrected chi connectivity index (χ0v) is 36.0. The van der Waals surface area contributed by atoms with Crippen molar-refractivity contribution in [2.75, 3.05) is 0 Å². The van der Waals surface area contributed by atoms with Crippen molar-refractivity contribution in [3.05, 3.63) is 144 Å². The van der Waals surface area contributed by atoms with Crippen molar-refractivity contribution in [2.24, 2.45) is 16.2 Å². The van der Waals surface area contributed by atoms with E-state index < -0.39 is 31.4 Å². The van der Waals surface area contributed by atoms with E-state index in [1.807, 2.05) is 45.0 Å². The zero-order valence-electron chi connectivity index (χ0n) is 42.6. The van der Waals surface area contributed by atoms with Crippen molar-refractivity contribution in [3.8, 4) is 22.5 Å². The van der Waals surface area contributed by atoms with Crippen LogP contribution in [0.4, 0.5) is 0 Å². The predicted octanol–water partition coefficient (Wildman–Crippen LogP) is 14.8. The second-order valence-corrected chi connectivity index (χ2v) is 17.9. The fourth-order valence-corrected chi connectivity index (χ4v) is 8.79. The van der Waals surface area contributed by atoms with E-state index in [2.05, 4.69) is 92.3 Å². The molecule has 0 bridgehead atoms. The molecule has 1 saturated carbocycles. The Morgan fingerprint density at radius 2 is 1.56 bits per heavy atom. The SMILES string of the molecule is [2H]C([2H])([2H])c1c[c-]c(-c2ccc(C([2H])([2H])C(C)(C)C)cn2)cc1.[2H]C([2H])([2H])c1cnc(-c2[c-]ccc3c2oc2cc4c(ccc5ccccc54)cc23)cc1C1([2H])CC(C)(C)CC(C)(C)C1.[Ir]. The fraction of sp³-hybridized carbons (Fsp3) is 0.321. The maximum atomic E-state index is 9.74. The molecule has 9 rings (SSSR count). The third-order valence-electron chi connectivity index (χ3n) is 10.6. The van der Waals surface area contributed by atoms with Crippen LogP contribution >= 0.6 is 0 Å². The first-order valence-electron chi connectivity index (χ1n) is 23.9. The summed E-state index contributed by atoms with van der Waals surface area (Å²) in [4.78, 5) is 8.97. The number of aromatic nitrogens is 2. The Labute approximate surface area is 365 Å². The van der Waals surface area contributed by atoms with Gasteiger partial charge in [-0.25, -0.2) is 0 Å². The Morgan fingerprint density at radius 3 is 2.26 bits per heavy atom. The van der Waals surface area contributed by atoms with Crippen molar-refractivity contribution in [3.63, 3.8) is 0 Å². The average Bonchev–Trinajstić information content (AvgIpc) is 3.58. The van der Waals surface area contributed by atoms with E-state index in [0.717, 1.165) is 33.5 Å². The van der Waals surface area contributed by atoms with Crippen molar-refractivity contribution < 1.29 is 36.9 Å². The van der Waals surface area contributed by atoms with Gasteiger partial charge in [-0.3, -0.25) is 0 Å². The summed E-state index contributed by atoms with van der Waals surface area (Å²) in [5.41, 5.74) is 4.72. The van der Waals surface area contributed by atoms with Crippen molar-refractivity contribution >= 4 is 43.5 Å². The second-order valence-electron chi connectivity index (χ2n) is 17.9. The maximum absolute atomic E-state index is 9.74. The molecule has 1 aliphatic carbocycles. The molecule has 0 atom stereocenters. The summed E-state index contributed by atoms with van der Waals surface area (Å²) in [6.07, 6.45) is 3.64. The average molecular weight is 936 g/mol. The number of rotatable bonds is 4. The van der Waals surface area contributed by atoms with Gasteiger partial charge in [0.2, 0.25) is 0 Å². The Hall–Kier alpha value is -4.63. The monoisotopic (exact) mass is 936 g/mol. The number of fused-ring (bicyclic) bond motifs is 6. The van der Waals surface area contributed by atoms with Crippen LogP contribution in [0.3, 0.4) is 0 Å². The van der Waals surface area contributed by atoms with Gasteiger partial charge in [-0.05, 0) is 116 Å². The van der Waals surface area contributed by atoms with Crippen LogP contribution in [0.25, 0.3) is 66.0 Å². The predicted molar refractivity (Wildman–Crippen MR) is 236 cm³/mol. The summed E-state index contributed by atoms with van der Waals surface area (Å²) in [7, 11) is 0. The summed E-state index contributed by atoms with van der Waals surface area (Å²) < 4.78 is 79.8. The molecule has 3 heterocycles. The van der Waals surface area contributed by atoms with Gasteiger partial charge in [-0.1, -0.05) is 121 Å². The van der Waals surface area contributed by atoms with Gasteiger partial charge in [0.05, 0.1) is 5.58 Å². The normalized spacial score (nSPS) is 19.0. The Balaban J connectivity index is 0.000000230. The van der Waals surface area contributed by atoms with Crippen LogP contribution in [0.1, 0.15) is 108 Å². The molecule has 0 saturated heterocycles. The molecular formula is C53H54IrN2O-2. The summed E-state index contributed by atoms with van der Waals surface area (Å²) in [6, 6.07) is 37.0. The van der Waals surface area contributed by atoms with Gasteiger partial charge in [0.15, 0.2) is 0 Å². The zero-order chi connectivity index (χ0) is 47.1. The van der Waals surface area contributed by atoms with Crippen LogP contribution in [0.5, 0.6) is 0 Å². The molecule has 0 aliphatic heterocycles. The van der Waals surface area contributed by atoms with Crippen LogP contribution in [-0.4, -0.2) is 9.97 Å². The molecule has 8 aromatic rings. The molecule has 4 heteroatoms. The van der Waals surface area contributed by atoms with E-state index >= 15 is 0 Å². The van der Waals surface area contributed by atoms with E-state index in [-0.39, 0.29) is 42.1 Å². The van der Waals surface area contributed by atoms with Gasteiger partial charge >= 0.3 is 0 Å². The largest absolute Gasteiger partial charge is 0.501 e. The molecular weight excluding hydrogens is 873 g/mol. The van der Waals surface area contributed by atoms with Gasteiger partial charge in [-0.15, -0.1) is 53.6 Å². The number of nitrogens with zero attached hydrogens (tertiary/aromatic N) is 2. The van der Waals surface area contributed by atoms with Crippen LogP contribution in [-0.2, 0) is 26.5 Å². The minimum atomic E-state index is -2.38. The third kappa shape index (κ3) is 8.79. The number of hydrogen-bond donors (Lipinski definition) is 0. The number of hydrogen-bond acceptors (Lipinski definition) is 3. The maximum Gasteiger partial charge on any atom is 0.121 e. The molecule has 0 amide bonds. The molecule has 1 aliphatic rings. The Bertz CT molecular complexity index is 3060. The first-order chi connectivity index (χ1) is 30.2. The Morgan fingerprint density at radius 1 is 0.789 bits per heavy atom. The van der Waals surface area contributed by atoms with E-state index in [1.54, 1.807) is 24.3 Å². The van der Waals surface area contributed by atoms with Crippen LogP contribution < -0.4 is 0 Å². The van der Waals surface area contributed by atoms with Crippen LogP contribution in [0, 0.1) is 42.1 Å². The van der Waals surface area contributed by atoms with Crippen molar-refractivity contribution in [1.82, 2.24) is 9.97 Å². The number of pyridine rings is 2. The quantitative estimate of drug-likeness (QED) is 0.130. The van der Waals surface area contributed by atoms with Gasteiger partial charge < -0.3 is 14.4 Å². The summed E-state index contributed by atoms with van der Waals surface area (Å²) in [5, 5.41) is 6.59. The van der Waals surface area contributed by atoms with Crippen molar-refractivity contribution in [1.29, 1.82) is 0 Å². The van der Waals surface area contributed by atoms with Gasteiger partial charge in [-0.2, -0.15) is 0 Å². The van der Waals surface area contributed by atoms with E-state index in [9.17, 15) is 1.37 Å². The van der Waals surface area contributed by atoms with Crippen molar-refractivity contribution in [2.45, 2.75) is 93.7 Å². The summed E-state index contributed by atoms with van der Waals surface area (Å²) in [6.45, 7) is 9.77. The van der Waals surface area contributed by atoms with Crippen LogP contribution in [0.15, 0.2) is 114 Å². The minimum Gasteiger partial charge on any atom is -0.501 e. The smallest absolute Gasteiger partial charge is 0.121 e. The topological polar surface area (TPSA) is 38.9 Å². The molecule has 3 aromatic heterocycles. The summed E-state index contributed by atoms with van der Waals surface area (Å²) in [5.74, 6) is -1.06. The molecule has 0 spiro atoms. The van der Waals surface area contributed by atoms with E-state index in [4.69, 9.17) is 15.4 Å². The van der Waals surface area contributed by atoms with Gasteiger partial charge in [0.1, 0.15) is 5.58 Å². The van der Waals surface area contributed by atoms with E-state index in [0.29, 0.717) is 52.1 Å². The number of aryl methyl sites for hydroxylation is 2. The molecule has 1 fully saturated rings.